The summed E-state index contributed by atoms with van der Waals surface area (Å²) in [5.74, 6) is 1.57. The zero-order valence-corrected chi connectivity index (χ0v) is 14.3. The molecule has 0 bridgehead atoms. The fourth-order valence-corrected chi connectivity index (χ4v) is 3.01. The highest BCUT2D eigenvalue weighted by Gasteiger charge is 2.11. The largest absolute Gasteiger partial charge is 0.323 e. The number of hydrogen-bond donors (Lipinski definition) is 0. The number of alkyl halides is 1. The average molecular weight is 384 g/mol. The molecule has 0 fully saturated rings. The van der Waals surface area contributed by atoms with Crippen LogP contribution < -0.4 is 0 Å². The first-order chi connectivity index (χ1) is 10.2. The molecule has 108 valence electrons. The molecule has 0 aliphatic rings. The van der Waals surface area contributed by atoms with E-state index >= 15 is 0 Å². The molecule has 21 heavy (non-hydrogen) atoms. The van der Waals surface area contributed by atoms with Crippen molar-refractivity contribution in [2.45, 2.75) is 13.0 Å². The molecule has 0 aliphatic heterocycles. The van der Waals surface area contributed by atoms with Crippen molar-refractivity contribution in [2.75, 3.05) is 5.88 Å². The first-order valence-electron chi connectivity index (χ1n) is 6.62. The number of hydrogen-bond acceptors (Lipinski definition) is 1. The zero-order valence-electron chi connectivity index (χ0n) is 11.2. The van der Waals surface area contributed by atoms with Crippen molar-refractivity contribution in [1.29, 1.82) is 0 Å². The highest BCUT2D eigenvalue weighted by atomic mass is 79.9. The predicted octanol–water partition coefficient (Wildman–Crippen LogP) is 5.28. The van der Waals surface area contributed by atoms with Crippen LogP contribution in [-0.2, 0) is 13.0 Å². The Labute approximate surface area is 141 Å². The number of fused-ring (bicyclic) bond motifs is 1. The van der Waals surface area contributed by atoms with E-state index in [1.165, 1.54) is 5.56 Å². The van der Waals surface area contributed by atoms with Crippen LogP contribution in [0.2, 0.25) is 5.02 Å². The third-order valence-corrected chi connectivity index (χ3v) is 4.30. The van der Waals surface area contributed by atoms with E-state index in [2.05, 4.69) is 31.5 Å². The molecular weight excluding hydrogens is 371 g/mol. The van der Waals surface area contributed by atoms with Crippen LogP contribution in [0.5, 0.6) is 0 Å². The molecule has 0 spiro atoms. The highest BCUT2D eigenvalue weighted by Crippen LogP contribution is 2.23. The summed E-state index contributed by atoms with van der Waals surface area (Å²) in [6, 6.07) is 14.0. The van der Waals surface area contributed by atoms with Crippen LogP contribution in [-0.4, -0.2) is 15.4 Å². The lowest BCUT2D eigenvalue weighted by Gasteiger charge is -2.09. The summed E-state index contributed by atoms with van der Waals surface area (Å²) in [4.78, 5) is 4.69. The highest BCUT2D eigenvalue weighted by molar-refractivity contribution is 9.10. The minimum atomic E-state index is 0.561. The lowest BCUT2D eigenvalue weighted by Crippen LogP contribution is -2.06. The van der Waals surface area contributed by atoms with Gasteiger partial charge in [-0.1, -0.05) is 39.7 Å². The SMILES string of the molecule is ClCCc1nc2ccc(Br)cc2n1Cc1ccc(Cl)cc1. The molecule has 2 nitrogen and oxygen atoms in total. The fourth-order valence-electron chi connectivity index (χ4n) is 2.37. The van der Waals surface area contributed by atoms with E-state index in [0.717, 1.165) is 39.3 Å². The van der Waals surface area contributed by atoms with E-state index in [-0.39, 0.29) is 0 Å². The van der Waals surface area contributed by atoms with Gasteiger partial charge in [-0.05, 0) is 35.9 Å². The number of aryl methyl sites for hydroxylation is 1. The smallest absolute Gasteiger partial charge is 0.111 e. The molecule has 2 aromatic carbocycles. The van der Waals surface area contributed by atoms with Crippen molar-refractivity contribution in [1.82, 2.24) is 9.55 Å². The van der Waals surface area contributed by atoms with Gasteiger partial charge in [0.05, 0.1) is 11.0 Å². The number of rotatable bonds is 4. The molecule has 0 amide bonds. The van der Waals surface area contributed by atoms with Crippen LogP contribution in [0.25, 0.3) is 11.0 Å². The zero-order chi connectivity index (χ0) is 14.8. The maximum atomic E-state index is 5.95. The Balaban J connectivity index is 2.07. The van der Waals surface area contributed by atoms with Gasteiger partial charge in [0.15, 0.2) is 0 Å². The predicted molar refractivity (Wildman–Crippen MR) is 92.4 cm³/mol. The lowest BCUT2D eigenvalue weighted by atomic mass is 10.2. The fraction of sp³-hybridized carbons (Fsp3) is 0.188. The van der Waals surface area contributed by atoms with Gasteiger partial charge in [0.1, 0.15) is 5.82 Å². The first-order valence-corrected chi connectivity index (χ1v) is 8.33. The topological polar surface area (TPSA) is 17.8 Å². The van der Waals surface area contributed by atoms with Crippen LogP contribution in [0, 0.1) is 0 Å². The minimum Gasteiger partial charge on any atom is -0.323 e. The van der Waals surface area contributed by atoms with Gasteiger partial charge >= 0.3 is 0 Å². The van der Waals surface area contributed by atoms with Gasteiger partial charge < -0.3 is 4.57 Å². The summed E-state index contributed by atoms with van der Waals surface area (Å²) >= 11 is 15.4. The summed E-state index contributed by atoms with van der Waals surface area (Å²) in [5, 5.41) is 0.748. The van der Waals surface area contributed by atoms with Gasteiger partial charge in [-0.15, -0.1) is 11.6 Å². The van der Waals surface area contributed by atoms with Crippen molar-refractivity contribution in [3.05, 3.63) is 63.3 Å². The monoisotopic (exact) mass is 382 g/mol. The lowest BCUT2D eigenvalue weighted by molar-refractivity contribution is 0.754. The molecule has 1 aromatic heterocycles. The number of imidazole rings is 1. The number of halogens is 3. The van der Waals surface area contributed by atoms with Crippen molar-refractivity contribution in [3.63, 3.8) is 0 Å². The second kappa shape index (κ2) is 6.39. The van der Waals surface area contributed by atoms with Gasteiger partial charge in [-0.2, -0.15) is 0 Å². The molecule has 0 unspecified atom stereocenters. The Morgan fingerprint density at radius 3 is 2.57 bits per heavy atom. The quantitative estimate of drug-likeness (QED) is 0.560. The van der Waals surface area contributed by atoms with Gasteiger partial charge in [0, 0.05) is 28.3 Å². The van der Waals surface area contributed by atoms with Crippen molar-refractivity contribution >= 4 is 50.2 Å². The summed E-state index contributed by atoms with van der Waals surface area (Å²) in [6.07, 6.45) is 0.751. The Morgan fingerprint density at radius 1 is 1.10 bits per heavy atom. The van der Waals surface area contributed by atoms with Crippen LogP contribution in [0.4, 0.5) is 0 Å². The van der Waals surface area contributed by atoms with Crippen LogP contribution in [0.3, 0.4) is 0 Å². The molecule has 5 heteroatoms. The van der Waals surface area contributed by atoms with Crippen LogP contribution in [0.15, 0.2) is 46.9 Å². The second-order valence-electron chi connectivity index (χ2n) is 4.81. The molecule has 0 aliphatic carbocycles. The van der Waals surface area contributed by atoms with E-state index in [1.54, 1.807) is 0 Å². The Bertz CT molecular complexity index is 766. The molecular formula is C16H13BrCl2N2. The maximum absolute atomic E-state index is 5.95. The second-order valence-corrected chi connectivity index (χ2v) is 6.54. The molecule has 0 saturated carbocycles. The maximum Gasteiger partial charge on any atom is 0.111 e. The first kappa shape index (κ1) is 14.9. The van der Waals surface area contributed by atoms with Crippen LogP contribution >= 0.6 is 39.1 Å². The molecule has 0 atom stereocenters. The summed E-state index contributed by atoms with van der Waals surface area (Å²) in [7, 11) is 0. The molecule has 0 radical (unpaired) electrons. The number of benzene rings is 2. The van der Waals surface area contributed by atoms with Gasteiger partial charge in [-0.25, -0.2) is 4.98 Å². The van der Waals surface area contributed by atoms with E-state index in [1.807, 2.05) is 36.4 Å². The third-order valence-electron chi connectivity index (χ3n) is 3.36. The van der Waals surface area contributed by atoms with Gasteiger partial charge in [0.25, 0.3) is 0 Å². The van der Waals surface area contributed by atoms with Gasteiger partial charge in [0.2, 0.25) is 0 Å². The van der Waals surface area contributed by atoms with E-state index in [0.29, 0.717) is 5.88 Å². The van der Waals surface area contributed by atoms with Crippen molar-refractivity contribution < 1.29 is 0 Å². The van der Waals surface area contributed by atoms with E-state index in [9.17, 15) is 0 Å². The molecule has 0 N–H and O–H groups in total. The summed E-state index contributed by atoms with van der Waals surface area (Å²) in [5.41, 5.74) is 3.29. The van der Waals surface area contributed by atoms with Crippen LogP contribution in [0.1, 0.15) is 11.4 Å². The summed E-state index contributed by atoms with van der Waals surface area (Å²) in [6.45, 7) is 0.760. The average Bonchev–Trinajstić information content (AvgIpc) is 2.79. The molecule has 1 heterocycles. The van der Waals surface area contributed by atoms with Crippen molar-refractivity contribution in [3.8, 4) is 0 Å². The molecule has 0 saturated heterocycles. The van der Waals surface area contributed by atoms with E-state index in [4.69, 9.17) is 23.2 Å². The normalized spacial score (nSPS) is 11.2. The number of aromatic nitrogens is 2. The van der Waals surface area contributed by atoms with Gasteiger partial charge in [-0.3, -0.25) is 0 Å². The van der Waals surface area contributed by atoms with E-state index < -0.39 is 0 Å². The minimum absolute atomic E-state index is 0.561. The third kappa shape index (κ3) is 3.25. The standard InChI is InChI=1S/C16H13BrCl2N2/c17-12-3-6-14-15(9-12)21(16(20-14)7-8-18)10-11-1-4-13(19)5-2-11/h1-6,9H,7-8,10H2. The van der Waals surface area contributed by atoms with Crippen molar-refractivity contribution in [2.24, 2.45) is 0 Å². The molecule has 3 aromatic rings. The Hall–Kier alpha value is -1.03. The Morgan fingerprint density at radius 2 is 1.86 bits per heavy atom. The summed E-state index contributed by atoms with van der Waals surface area (Å²) < 4.78 is 3.26. The molecule has 3 rings (SSSR count). The Kier molecular flexibility index (Phi) is 4.53. The number of nitrogens with zero attached hydrogens (tertiary/aromatic N) is 2.